The number of likely N-dealkylation sites (N-methyl/N-ethyl adjacent to an activating group) is 1. The SMILES string of the molecule is CCC(C)(C(CCC(C)(C)OC)NC)N1CCCCC1. The van der Waals surface area contributed by atoms with E-state index >= 15 is 0 Å². The molecule has 0 radical (unpaired) electrons. The zero-order valence-corrected chi connectivity index (χ0v) is 14.6. The molecule has 3 nitrogen and oxygen atoms in total. The summed E-state index contributed by atoms with van der Waals surface area (Å²) in [6, 6.07) is 0.528. The Bertz CT molecular complexity index is 274. The van der Waals surface area contributed by atoms with Crippen LogP contribution in [0.15, 0.2) is 0 Å². The molecule has 0 amide bonds. The first kappa shape index (κ1) is 17.9. The van der Waals surface area contributed by atoms with E-state index in [1.165, 1.54) is 38.8 Å². The van der Waals surface area contributed by atoms with Gasteiger partial charge in [0.25, 0.3) is 0 Å². The van der Waals surface area contributed by atoms with Gasteiger partial charge in [-0.15, -0.1) is 0 Å². The van der Waals surface area contributed by atoms with Crippen molar-refractivity contribution >= 4 is 0 Å². The molecule has 0 saturated carbocycles. The third-order valence-electron chi connectivity index (χ3n) is 5.48. The molecule has 1 saturated heterocycles. The monoisotopic (exact) mass is 284 g/mol. The number of hydrogen-bond donors (Lipinski definition) is 1. The van der Waals surface area contributed by atoms with E-state index in [0.29, 0.717) is 6.04 Å². The number of nitrogens with zero attached hydrogens (tertiary/aromatic N) is 1. The Morgan fingerprint density at radius 3 is 2.20 bits per heavy atom. The molecule has 1 fully saturated rings. The fourth-order valence-corrected chi connectivity index (χ4v) is 3.46. The van der Waals surface area contributed by atoms with Gasteiger partial charge in [-0.2, -0.15) is 0 Å². The largest absolute Gasteiger partial charge is 0.379 e. The predicted octanol–water partition coefficient (Wildman–Crippen LogP) is 3.43. The summed E-state index contributed by atoms with van der Waals surface area (Å²) in [5, 5.41) is 3.59. The molecule has 0 aromatic rings. The molecule has 120 valence electrons. The molecule has 2 unspecified atom stereocenters. The second kappa shape index (κ2) is 7.77. The van der Waals surface area contributed by atoms with Crippen LogP contribution in [0.5, 0.6) is 0 Å². The molecule has 1 aliphatic heterocycles. The Labute approximate surface area is 126 Å². The first-order valence-corrected chi connectivity index (χ1v) is 8.37. The standard InChI is InChI=1S/C17H36N2O/c1-7-17(4,19-13-9-8-10-14-19)15(18-5)11-12-16(2,3)20-6/h15,18H,7-14H2,1-6H3. The van der Waals surface area contributed by atoms with Gasteiger partial charge in [0, 0.05) is 18.7 Å². The molecule has 1 heterocycles. The molecule has 0 bridgehead atoms. The van der Waals surface area contributed by atoms with E-state index in [-0.39, 0.29) is 11.1 Å². The van der Waals surface area contributed by atoms with Crippen LogP contribution in [0.1, 0.15) is 66.2 Å². The Hall–Kier alpha value is -0.120. The van der Waals surface area contributed by atoms with Crippen LogP contribution in [0.4, 0.5) is 0 Å². The van der Waals surface area contributed by atoms with E-state index in [9.17, 15) is 0 Å². The average molecular weight is 284 g/mol. The van der Waals surface area contributed by atoms with Gasteiger partial charge in [0.15, 0.2) is 0 Å². The van der Waals surface area contributed by atoms with Gasteiger partial charge in [-0.25, -0.2) is 0 Å². The highest BCUT2D eigenvalue weighted by atomic mass is 16.5. The van der Waals surface area contributed by atoms with E-state index in [2.05, 4.69) is 45.0 Å². The summed E-state index contributed by atoms with van der Waals surface area (Å²) in [6.07, 6.45) is 7.57. The molecule has 1 aliphatic rings. The van der Waals surface area contributed by atoms with Crippen LogP contribution in [0.25, 0.3) is 0 Å². The number of methoxy groups -OCH3 is 1. The maximum Gasteiger partial charge on any atom is 0.0623 e. The van der Waals surface area contributed by atoms with E-state index in [0.717, 1.165) is 12.8 Å². The minimum atomic E-state index is -0.0222. The summed E-state index contributed by atoms with van der Waals surface area (Å²) < 4.78 is 5.58. The first-order valence-electron chi connectivity index (χ1n) is 8.37. The molecular weight excluding hydrogens is 248 g/mol. The minimum Gasteiger partial charge on any atom is -0.379 e. The third-order valence-corrected chi connectivity index (χ3v) is 5.48. The molecule has 0 aliphatic carbocycles. The zero-order valence-electron chi connectivity index (χ0n) is 14.6. The Balaban J connectivity index is 2.71. The van der Waals surface area contributed by atoms with Crippen LogP contribution in [-0.2, 0) is 4.74 Å². The maximum atomic E-state index is 5.58. The lowest BCUT2D eigenvalue weighted by Gasteiger charge is -2.48. The van der Waals surface area contributed by atoms with Crippen molar-refractivity contribution < 1.29 is 4.74 Å². The van der Waals surface area contributed by atoms with Gasteiger partial charge in [-0.3, -0.25) is 4.90 Å². The number of ether oxygens (including phenoxy) is 1. The Morgan fingerprint density at radius 1 is 1.15 bits per heavy atom. The molecule has 20 heavy (non-hydrogen) atoms. The molecule has 2 atom stereocenters. The fraction of sp³-hybridized carbons (Fsp3) is 1.00. The number of rotatable bonds is 8. The van der Waals surface area contributed by atoms with Gasteiger partial charge in [0.1, 0.15) is 0 Å². The second-order valence-corrected chi connectivity index (χ2v) is 7.10. The smallest absolute Gasteiger partial charge is 0.0623 e. The zero-order chi connectivity index (χ0) is 15.2. The summed E-state index contributed by atoms with van der Waals surface area (Å²) in [6.45, 7) is 11.7. The second-order valence-electron chi connectivity index (χ2n) is 7.10. The quantitative estimate of drug-likeness (QED) is 0.739. The molecule has 0 aromatic heterocycles. The van der Waals surface area contributed by atoms with Crippen molar-refractivity contribution in [1.29, 1.82) is 0 Å². The van der Waals surface area contributed by atoms with Gasteiger partial charge in [-0.05, 0) is 73.0 Å². The summed E-state index contributed by atoms with van der Waals surface area (Å²) in [7, 11) is 3.93. The number of hydrogen-bond acceptors (Lipinski definition) is 3. The topological polar surface area (TPSA) is 24.5 Å². The number of piperidine rings is 1. The fourth-order valence-electron chi connectivity index (χ4n) is 3.46. The lowest BCUT2D eigenvalue weighted by Crippen LogP contribution is -2.60. The van der Waals surface area contributed by atoms with Crippen molar-refractivity contribution in [2.24, 2.45) is 0 Å². The maximum absolute atomic E-state index is 5.58. The van der Waals surface area contributed by atoms with Crippen molar-refractivity contribution in [3.63, 3.8) is 0 Å². The van der Waals surface area contributed by atoms with Crippen LogP contribution < -0.4 is 5.32 Å². The van der Waals surface area contributed by atoms with Crippen LogP contribution in [-0.4, -0.2) is 49.3 Å². The third kappa shape index (κ3) is 4.44. The van der Waals surface area contributed by atoms with Gasteiger partial charge in [0.05, 0.1) is 5.60 Å². The van der Waals surface area contributed by atoms with E-state index in [1.807, 2.05) is 7.11 Å². The molecule has 1 N–H and O–H groups in total. The predicted molar refractivity (Wildman–Crippen MR) is 87.3 cm³/mol. The Kier molecular flexibility index (Phi) is 6.96. The highest BCUT2D eigenvalue weighted by molar-refractivity contribution is 4.97. The molecule has 3 heteroatoms. The molecule has 0 aromatic carbocycles. The van der Waals surface area contributed by atoms with Gasteiger partial charge in [0.2, 0.25) is 0 Å². The van der Waals surface area contributed by atoms with Crippen LogP contribution >= 0.6 is 0 Å². The molecule has 1 rings (SSSR count). The van der Waals surface area contributed by atoms with Gasteiger partial charge >= 0.3 is 0 Å². The summed E-state index contributed by atoms with van der Waals surface area (Å²) in [5.41, 5.74) is 0.241. The van der Waals surface area contributed by atoms with Gasteiger partial charge in [-0.1, -0.05) is 13.3 Å². The molecule has 0 spiro atoms. The van der Waals surface area contributed by atoms with Crippen LogP contribution in [0.2, 0.25) is 0 Å². The van der Waals surface area contributed by atoms with E-state index in [4.69, 9.17) is 4.74 Å². The van der Waals surface area contributed by atoms with Crippen molar-refractivity contribution in [3.05, 3.63) is 0 Å². The number of nitrogens with one attached hydrogen (secondary N) is 1. The van der Waals surface area contributed by atoms with E-state index < -0.39 is 0 Å². The van der Waals surface area contributed by atoms with Crippen LogP contribution in [0.3, 0.4) is 0 Å². The van der Waals surface area contributed by atoms with Crippen molar-refractivity contribution in [1.82, 2.24) is 10.2 Å². The van der Waals surface area contributed by atoms with Crippen LogP contribution in [0, 0.1) is 0 Å². The average Bonchev–Trinajstić information content (AvgIpc) is 2.48. The van der Waals surface area contributed by atoms with Crippen molar-refractivity contribution in [2.75, 3.05) is 27.2 Å². The highest BCUT2D eigenvalue weighted by Crippen LogP contribution is 2.31. The normalized spacial score (nSPS) is 22.5. The highest BCUT2D eigenvalue weighted by Gasteiger charge is 2.38. The summed E-state index contributed by atoms with van der Waals surface area (Å²) in [5.74, 6) is 0. The van der Waals surface area contributed by atoms with Crippen molar-refractivity contribution in [3.8, 4) is 0 Å². The lowest BCUT2D eigenvalue weighted by molar-refractivity contribution is -0.00244. The summed E-state index contributed by atoms with van der Waals surface area (Å²) in [4.78, 5) is 2.72. The Morgan fingerprint density at radius 2 is 1.75 bits per heavy atom. The lowest BCUT2D eigenvalue weighted by atomic mass is 9.81. The molecular formula is C17H36N2O. The van der Waals surface area contributed by atoms with Crippen molar-refractivity contribution in [2.45, 2.75) is 83.4 Å². The van der Waals surface area contributed by atoms with E-state index in [1.54, 1.807) is 0 Å². The minimum absolute atomic E-state index is 0.0222. The summed E-state index contributed by atoms with van der Waals surface area (Å²) >= 11 is 0. The first-order chi connectivity index (χ1) is 9.39. The van der Waals surface area contributed by atoms with Gasteiger partial charge < -0.3 is 10.1 Å². The number of likely N-dealkylation sites (tertiary alicyclic amines) is 1.